The zero-order valence-electron chi connectivity index (χ0n) is 18.0. The van der Waals surface area contributed by atoms with Crippen LogP contribution in [0, 0.1) is 0 Å². The number of hydrogen-bond acceptors (Lipinski definition) is 8. The molecule has 2 heterocycles. The van der Waals surface area contributed by atoms with Gasteiger partial charge in [0.1, 0.15) is 0 Å². The highest BCUT2D eigenvalue weighted by Crippen LogP contribution is 2.20. The summed E-state index contributed by atoms with van der Waals surface area (Å²) in [7, 11) is 0. The number of fused-ring (bicyclic) bond motifs is 1. The van der Waals surface area contributed by atoms with Gasteiger partial charge in [0.05, 0.1) is 58.1 Å². The van der Waals surface area contributed by atoms with Gasteiger partial charge in [-0.25, -0.2) is 4.68 Å². The highest BCUT2D eigenvalue weighted by molar-refractivity contribution is 6.04. The lowest BCUT2D eigenvalue weighted by atomic mass is 10.2. The Morgan fingerprint density at radius 1 is 1.06 bits per heavy atom. The number of benzene rings is 1. The van der Waals surface area contributed by atoms with E-state index in [1.165, 1.54) is 6.92 Å². The maximum atomic E-state index is 12.5. The van der Waals surface area contributed by atoms with E-state index in [0.29, 0.717) is 64.1 Å². The number of carbonyl (C=O) groups is 2. The van der Waals surface area contributed by atoms with E-state index in [4.69, 9.17) is 19.9 Å². The van der Waals surface area contributed by atoms with Gasteiger partial charge in [-0.15, -0.1) is 5.10 Å². The third kappa shape index (κ3) is 6.95. The summed E-state index contributed by atoms with van der Waals surface area (Å²) in [6, 6.07) is 7.11. The molecule has 0 aliphatic carbocycles. The summed E-state index contributed by atoms with van der Waals surface area (Å²) in [6.45, 7) is 5.34. The smallest absolute Gasteiger partial charge is 0.277 e. The van der Waals surface area contributed by atoms with Crippen molar-refractivity contribution in [3.05, 3.63) is 41.9 Å². The van der Waals surface area contributed by atoms with Crippen molar-refractivity contribution in [1.29, 1.82) is 0 Å². The van der Waals surface area contributed by atoms with Crippen molar-refractivity contribution in [3.8, 4) is 0 Å². The summed E-state index contributed by atoms with van der Waals surface area (Å²) in [5.41, 5.74) is 7.47. The quantitative estimate of drug-likeness (QED) is 0.248. The molecule has 0 unspecified atom stereocenters. The maximum absolute atomic E-state index is 12.5. The molecule has 172 valence electrons. The van der Waals surface area contributed by atoms with Crippen molar-refractivity contribution in [2.75, 3.05) is 51.5 Å². The van der Waals surface area contributed by atoms with Crippen LogP contribution < -0.4 is 11.1 Å². The van der Waals surface area contributed by atoms with E-state index in [2.05, 4.69) is 20.6 Å². The summed E-state index contributed by atoms with van der Waals surface area (Å²) in [5, 5.41) is 11.5. The number of aromatic nitrogens is 4. The number of amides is 1. The molecule has 1 amide bonds. The molecule has 0 saturated heterocycles. The molecule has 0 spiro atoms. The van der Waals surface area contributed by atoms with Crippen LogP contribution in [0.5, 0.6) is 0 Å². The molecule has 0 bridgehead atoms. The van der Waals surface area contributed by atoms with Gasteiger partial charge in [0.25, 0.3) is 5.91 Å². The van der Waals surface area contributed by atoms with Gasteiger partial charge < -0.3 is 30.2 Å². The largest absolute Gasteiger partial charge is 0.378 e. The second-order valence-electron chi connectivity index (χ2n) is 6.99. The van der Waals surface area contributed by atoms with Gasteiger partial charge in [0.2, 0.25) is 0 Å². The van der Waals surface area contributed by atoms with Crippen molar-refractivity contribution < 1.29 is 23.8 Å². The number of nitrogens with one attached hydrogen (secondary N) is 2. The van der Waals surface area contributed by atoms with Crippen LogP contribution in [-0.4, -0.2) is 77.9 Å². The fourth-order valence-corrected chi connectivity index (χ4v) is 2.89. The number of Topliss-reactive ketones (excluding diaryl/α,β-unsaturated/α-hetero) is 1. The lowest BCUT2D eigenvalue weighted by molar-refractivity contribution is 0.0141. The second-order valence-corrected chi connectivity index (χ2v) is 6.99. The van der Waals surface area contributed by atoms with E-state index in [-0.39, 0.29) is 17.4 Å². The highest BCUT2D eigenvalue weighted by Gasteiger charge is 2.12. The Morgan fingerprint density at radius 2 is 1.78 bits per heavy atom. The first-order chi connectivity index (χ1) is 15.6. The average molecular weight is 444 g/mol. The van der Waals surface area contributed by atoms with E-state index in [1.807, 2.05) is 6.07 Å². The molecule has 3 rings (SSSR count). The van der Waals surface area contributed by atoms with Crippen molar-refractivity contribution in [2.45, 2.75) is 13.5 Å². The summed E-state index contributed by atoms with van der Waals surface area (Å²) in [5.74, 6) is -0.420. The van der Waals surface area contributed by atoms with E-state index in [0.717, 1.165) is 10.9 Å². The third-order valence-corrected chi connectivity index (χ3v) is 4.50. The van der Waals surface area contributed by atoms with Crippen molar-refractivity contribution >= 4 is 28.3 Å². The summed E-state index contributed by atoms with van der Waals surface area (Å²) >= 11 is 0. The molecule has 0 aliphatic heterocycles. The number of aromatic amines is 1. The van der Waals surface area contributed by atoms with Gasteiger partial charge in [0, 0.05) is 30.1 Å². The Hall–Kier alpha value is -3.12. The predicted molar refractivity (Wildman–Crippen MR) is 118 cm³/mol. The Morgan fingerprint density at radius 3 is 2.50 bits per heavy atom. The van der Waals surface area contributed by atoms with E-state index in [9.17, 15) is 9.59 Å². The van der Waals surface area contributed by atoms with Crippen molar-refractivity contribution in [3.63, 3.8) is 0 Å². The number of nitrogens with zero attached hydrogens (tertiary/aromatic N) is 3. The molecular weight excluding hydrogens is 416 g/mol. The number of ether oxygens (including phenoxy) is 3. The van der Waals surface area contributed by atoms with Crippen molar-refractivity contribution in [1.82, 2.24) is 20.0 Å². The molecule has 3 aromatic rings. The number of nitrogens with two attached hydrogens (primary N) is 1. The minimum atomic E-state index is -0.371. The Labute approximate surface area is 185 Å². The molecule has 11 heteroatoms. The Kier molecular flexibility index (Phi) is 8.87. The normalized spacial score (nSPS) is 11.2. The van der Waals surface area contributed by atoms with Crippen LogP contribution in [0.4, 0.5) is 5.69 Å². The molecule has 0 aliphatic rings. The van der Waals surface area contributed by atoms with Gasteiger partial charge >= 0.3 is 0 Å². The van der Waals surface area contributed by atoms with Gasteiger partial charge in [-0.2, -0.15) is 0 Å². The zero-order chi connectivity index (χ0) is 22.8. The van der Waals surface area contributed by atoms with Crippen LogP contribution in [0.15, 0.2) is 30.5 Å². The van der Waals surface area contributed by atoms with Crippen LogP contribution in [0.3, 0.4) is 0 Å². The molecule has 4 N–H and O–H groups in total. The van der Waals surface area contributed by atoms with Crippen LogP contribution in [0.2, 0.25) is 0 Å². The van der Waals surface area contributed by atoms with E-state index >= 15 is 0 Å². The fourth-order valence-electron chi connectivity index (χ4n) is 2.89. The monoisotopic (exact) mass is 444 g/mol. The first-order valence-electron chi connectivity index (χ1n) is 10.4. The Balaban J connectivity index is 1.39. The predicted octanol–water partition coefficient (Wildman–Crippen LogP) is 1.22. The van der Waals surface area contributed by atoms with Crippen LogP contribution in [0.25, 0.3) is 10.9 Å². The molecule has 0 radical (unpaired) electrons. The molecule has 0 saturated carbocycles. The highest BCUT2D eigenvalue weighted by atomic mass is 16.5. The number of H-pyrrole nitrogens is 1. The second kappa shape index (κ2) is 12.1. The van der Waals surface area contributed by atoms with E-state index < -0.39 is 0 Å². The lowest BCUT2D eigenvalue weighted by Crippen LogP contribution is -2.14. The SMILES string of the molecule is CC(=O)c1cc2cc(NC(=O)c3cn(CCOCCOCCOCCN)nn3)ccc2[nH]1. The number of anilines is 1. The first-order valence-corrected chi connectivity index (χ1v) is 10.4. The fraction of sp³-hybridized carbons (Fsp3) is 0.429. The minimum absolute atomic E-state index is 0.0483. The summed E-state index contributed by atoms with van der Waals surface area (Å²) < 4.78 is 17.6. The molecule has 0 fully saturated rings. The summed E-state index contributed by atoms with van der Waals surface area (Å²) in [6.07, 6.45) is 1.56. The zero-order valence-corrected chi connectivity index (χ0v) is 18.0. The first kappa shape index (κ1) is 23.5. The number of rotatable bonds is 14. The van der Waals surface area contributed by atoms with Gasteiger partial charge in [-0.05, 0) is 24.3 Å². The van der Waals surface area contributed by atoms with Crippen LogP contribution in [-0.2, 0) is 20.8 Å². The van der Waals surface area contributed by atoms with Crippen LogP contribution in [0.1, 0.15) is 27.9 Å². The standard InChI is InChI=1S/C21H28N6O5/c1-15(28)19-13-16-12-17(2-3-18(16)24-19)23-21(29)20-14-27(26-25-20)5-7-31-9-11-32-10-8-30-6-4-22/h2-3,12-14,24H,4-11,22H2,1H3,(H,23,29). The van der Waals surface area contributed by atoms with Crippen LogP contribution >= 0.6 is 0 Å². The summed E-state index contributed by atoms with van der Waals surface area (Å²) in [4.78, 5) is 27.0. The molecule has 11 nitrogen and oxygen atoms in total. The molecular formula is C21H28N6O5. The Bertz CT molecular complexity index is 1030. The number of ketones is 1. The molecule has 32 heavy (non-hydrogen) atoms. The molecule has 2 aromatic heterocycles. The van der Waals surface area contributed by atoms with E-state index in [1.54, 1.807) is 29.1 Å². The minimum Gasteiger partial charge on any atom is -0.378 e. The lowest BCUT2D eigenvalue weighted by Gasteiger charge is -2.06. The molecule has 1 aromatic carbocycles. The molecule has 0 atom stereocenters. The van der Waals surface area contributed by atoms with Gasteiger partial charge in [0.15, 0.2) is 11.5 Å². The topological polar surface area (TPSA) is 146 Å². The van der Waals surface area contributed by atoms with Gasteiger partial charge in [-0.3, -0.25) is 9.59 Å². The average Bonchev–Trinajstić information content (AvgIpc) is 3.42. The number of hydrogen-bond donors (Lipinski definition) is 3. The third-order valence-electron chi connectivity index (χ3n) is 4.50. The van der Waals surface area contributed by atoms with Gasteiger partial charge in [-0.1, -0.05) is 5.21 Å². The number of carbonyl (C=O) groups excluding carboxylic acids is 2. The van der Waals surface area contributed by atoms with Crippen molar-refractivity contribution in [2.24, 2.45) is 5.73 Å². The maximum Gasteiger partial charge on any atom is 0.277 e.